The van der Waals surface area contributed by atoms with Crippen LogP contribution in [0.4, 0.5) is 0 Å². The van der Waals surface area contributed by atoms with Gasteiger partial charge in [0.1, 0.15) is 23.1 Å². The number of phenolic OH excluding ortho intramolecular Hbond substituents is 1. The molecule has 0 aliphatic heterocycles. The van der Waals surface area contributed by atoms with Gasteiger partial charge in [-0.15, -0.1) is 11.3 Å². The Hall–Kier alpha value is -4.11. The van der Waals surface area contributed by atoms with Gasteiger partial charge in [0.25, 0.3) is 5.19 Å². The van der Waals surface area contributed by atoms with Crippen molar-refractivity contribution in [3.05, 3.63) is 113 Å². The van der Waals surface area contributed by atoms with Crippen molar-refractivity contribution in [3.63, 3.8) is 0 Å². The lowest BCUT2D eigenvalue weighted by atomic mass is 10.1. The Labute approximate surface area is 276 Å². The van der Waals surface area contributed by atoms with Crippen LogP contribution in [0.25, 0.3) is 20.4 Å². The summed E-state index contributed by atoms with van der Waals surface area (Å²) in [5.74, 6) is 1.62. The zero-order valence-electron chi connectivity index (χ0n) is 25.2. The minimum Gasteiger partial charge on any atom is -0.508 e. The number of benzene rings is 4. The number of aryl methyl sites for hydroxylation is 2. The molecule has 0 amide bonds. The Morgan fingerprint density at radius 2 is 1.18 bits per heavy atom. The highest BCUT2D eigenvalue weighted by Gasteiger charge is 2.06. The molecule has 2 aromatic heterocycles. The Morgan fingerprint density at radius 3 is 1.69 bits per heavy atom. The number of rotatable bonds is 10. The highest BCUT2D eigenvalue weighted by molar-refractivity contribution is 7.22. The molecule has 9 heteroatoms. The van der Waals surface area contributed by atoms with E-state index in [1.807, 2.05) is 98.8 Å². The molecule has 0 bridgehead atoms. The van der Waals surface area contributed by atoms with Crippen molar-refractivity contribution < 1.29 is 19.4 Å². The molecule has 6 rings (SSSR count). The Bertz CT molecular complexity index is 1750. The normalized spacial score (nSPS) is 10.5. The van der Waals surface area contributed by atoms with Crippen LogP contribution in [0, 0.1) is 0 Å². The van der Waals surface area contributed by atoms with E-state index in [2.05, 4.69) is 9.97 Å². The van der Waals surface area contributed by atoms with Gasteiger partial charge in [-0.1, -0.05) is 85.3 Å². The third-order valence-electron chi connectivity index (χ3n) is 6.78. The van der Waals surface area contributed by atoms with Gasteiger partial charge in [-0.2, -0.15) is 0 Å². The summed E-state index contributed by atoms with van der Waals surface area (Å²) < 4.78 is 8.68. The van der Waals surface area contributed by atoms with E-state index in [0.717, 1.165) is 50.2 Å². The smallest absolute Gasteiger partial charge is 0.279 e. The molecule has 4 aromatic carbocycles. The number of hydrogen-bond donors (Lipinski definition) is 1. The van der Waals surface area contributed by atoms with Crippen LogP contribution >= 0.6 is 34.3 Å². The first-order chi connectivity index (χ1) is 21.8. The molecule has 6 aromatic rings. The van der Waals surface area contributed by atoms with Gasteiger partial charge in [0.2, 0.25) is 0 Å². The number of Topliss-reactive ketones (excluding diaryl/α,β-unsaturated/α-hetero) is 2. The first-order valence-corrected chi connectivity index (χ1v) is 16.8. The number of aromatic hydroxyl groups is 1. The second kappa shape index (κ2) is 17.4. The summed E-state index contributed by atoms with van der Waals surface area (Å²) in [6.45, 7) is 3.77. The van der Waals surface area contributed by atoms with Crippen LogP contribution in [0.15, 0.2) is 97.1 Å². The summed E-state index contributed by atoms with van der Waals surface area (Å²) in [6.07, 6.45) is 3.98. The van der Waals surface area contributed by atoms with E-state index in [0.29, 0.717) is 41.1 Å². The van der Waals surface area contributed by atoms with Crippen LogP contribution in [0.3, 0.4) is 0 Å². The van der Waals surface area contributed by atoms with Crippen molar-refractivity contribution in [2.24, 2.45) is 0 Å². The Kier molecular flexibility index (Phi) is 13.1. The highest BCUT2D eigenvalue weighted by Crippen LogP contribution is 2.31. The summed E-state index contributed by atoms with van der Waals surface area (Å²) >= 11 is 8.73. The fourth-order valence-electron chi connectivity index (χ4n) is 4.15. The molecule has 0 atom stereocenters. The van der Waals surface area contributed by atoms with Crippen LogP contribution < -0.4 is 4.74 Å². The standard InChI is InChI=1S/C18H17NO2S.C11H14O2.C7H4ClNS/c1-2-14(20)10-7-13-8-11-15(12-9-13)21-18-19-16-5-3-4-6-17(16)22-18;1-2-10(12)6-3-9-4-7-11(13)8-5-9;8-7-9-5-3-1-2-4-6(5)10-7/h3-6,8-9,11-12H,2,7,10H2,1H3;4-5,7-8,13H,2-3,6H2,1H3;1-4H. The largest absolute Gasteiger partial charge is 0.508 e. The van der Waals surface area contributed by atoms with Gasteiger partial charge in [0, 0.05) is 25.7 Å². The van der Waals surface area contributed by atoms with E-state index in [-0.39, 0.29) is 11.5 Å². The minimum absolute atomic E-state index is 0.269. The van der Waals surface area contributed by atoms with E-state index < -0.39 is 0 Å². The molecule has 0 radical (unpaired) electrons. The molecule has 45 heavy (non-hydrogen) atoms. The van der Waals surface area contributed by atoms with Gasteiger partial charge in [0.05, 0.1) is 20.4 Å². The third-order valence-corrected chi connectivity index (χ3v) is 8.84. The van der Waals surface area contributed by atoms with Crippen LogP contribution in [-0.4, -0.2) is 26.6 Å². The number of ketones is 2. The number of para-hydroxylation sites is 2. The van der Waals surface area contributed by atoms with Gasteiger partial charge >= 0.3 is 0 Å². The predicted molar refractivity (Wildman–Crippen MR) is 186 cm³/mol. The zero-order chi connectivity index (χ0) is 32.0. The van der Waals surface area contributed by atoms with Crippen LogP contribution in [-0.2, 0) is 22.4 Å². The van der Waals surface area contributed by atoms with Crippen molar-refractivity contribution in [2.75, 3.05) is 0 Å². The van der Waals surface area contributed by atoms with Crippen molar-refractivity contribution in [1.82, 2.24) is 9.97 Å². The topological polar surface area (TPSA) is 89.4 Å². The molecule has 2 heterocycles. The molecule has 232 valence electrons. The number of hydrogen-bond acceptors (Lipinski definition) is 8. The highest BCUT2D eigenvalue weighted by atomic mass is 35.5. The summed E-state index contributed by atoms with van der Waals surface area (Å²) in [5.41, 5.74) is 4.19. The number of carbonyl (C=O) groups is 2. The SMILES string of the molecule is CCC(=O)CCc1ccc(O)cc1.CCC(=O)CCc1ccc(Oc2nc3ccccc3s2)cc1.Clc1nc2ccccc2s1. The number of phenols is 1. The van der Waals surface area contributed by atoms with E-state index >= 15 is 0 Å². The maximum atomic E-state index is 11.3. The number of thiazole rings is 2. The van der Waals surface area contributed by atoms with Gasteiger partial charge in [-0.25, -0.2) is 9.97 Å². The van der Waals surface area contributed by atoms with Crippen LogP contribution in [0.1, 0.15) is 50.7 Å². The van der Waals surface area contributed by atoms with E-state index in [1.165, 1.54) is 22.7 Å². The van der Waals surface area contributed by atoms with Gasteiger partial charge in [0.15, 0.2) is 4.47 Å². The minimum atomic E-state index is 0.269. The van der Waals surface area contributed by atoms with E-state index in [9.17, 15) is 9.59 Å². The fraction of sp³-hybridized carbons (Fsp3) is 0.222. The van der Waals surface area contributed by atoms with Crippen molar-refractivity contribution >= 4 is 66.3 Å². The van der Waals surface area contributed by atoms with Gasteiger partial charge < -0.3 is 9.84 Å². The molecule has 0 aliphatic carbocycles. The molecule has 0 unspecified atom stereocenters. The number of halogens is 1. The second-order valence-corrected chi connectivity index (χ2v) is 12.7. The zero-order valence-corrected chi connectivity index (χ0v) is 27.6. The Balaban J connectivity index is 0.000000169. The van der Waals surface area contributed by atoms with Crippen LogP contribution in [0.5, 0.6) is 16.7 Å². The number of ether oxygens (including phenoxy) is 1. The van der Waals surface area contributed by atoms with Gasteiger partial charge in [-0.05, 0) is 72.5 Å². The number of aromatic nitrogens is 2. The average molecular weight is 659 g/mol. The number of fused-ring (bicyclic) bond motifs is 2. The van der Waals surface area contributed by atoms with E-state index in [1.54, 1.807) is 12.1 Å². The number of nitrogens with zero attached hydrogens (tertiary/aromatic N) is 2. The molecular weight excluding hydrogens is 624 g/mol. The summed E-state index contributed by atoms with van der Waals surface area (Å²) in [6, 6.07) is 30.7. The molecule has 6 nitrogen and oxygen atoms in total. The molecule has 0 fully saturated rings. The predicted octanol–water partition coefficient (Wildman–Crippen LogP) is 10.3. The van der Waals surface area contributed by atoms with Crippen molar-refractivity contribution in [2.45, 2.75) is 52.4 Å². The second-order valence-electron chi connectivity index (χ2n) is 10.1. The van der Waals surface area contributed by atoms with E-state index in [4.69, 9.17) is 21.4 Å². The Morgan fingerprint density at radius 1 is 0.689 bits per heavy atom. The fourth-order valence-corrected chi connectivity index (χ4v) is 6.01. The first-order valence-electron chi connectivity index (χ1n) is 14.8. The molecule has 0 saturated carbocycles. The molecule has 0 aliphatic rings. The quantitative estimate of drug-likeness (QED) is 0.158. The summed E-state index contributed by atoms with van der Waals surface area (Å²) in [5, 5.41) is 9.66. The van der Waals surface area contributed by atoms with Crippen LogP contribution in [0.2, 0.25) is 4.47 Å². The molecule has 1 N–H and O–H groups in total. The maximum Gasteiger partial charge on any atom is 0.279 e. The lowest BCUT2D eigenvalue weighted by molar-refractivity contribution is -0.119. The maximum absolute atomic E-state index is 11.3. The first kappa shape index (κ1) is 33.8. The molecule has 0 saturated heterocycles. The molecule has 0 spiro atoms. The van der Waals surface area contributed by atoms with Crippen molar-refractivity contribution in [1.29, 1.82) is 0 Å². The van der Waals surface area contributed by atoms with Crippen molar-refractivity contribution in [3.8, 4) is 16.7 Å². The summed E-state index contributed by atoms with van der Waals surface area (Å²) in [4.78, 5) is 30.9. The third kappa shape index (κ3) is 11.1. The lowest BCUT2D eigenvalue weighted by Gasteiger charge is -2.03. The monoisotopic (exact) mass is 658 g/mol. The summed E-state index contributed by atoms with van der Waals surface area (Å²) in [7, 11) is 0. The number of carbonyl (C=O) groups excluding carboxylic acids is 2. The average Bonchev–Trinajstić information content (AvgIpc) is 3.66. The lowest BCUT2D eigenvalue weighted by Crippen LogP contribution is -1.97. The van der Waals surface area contributed by atoms with Gasteiger partial charge in [-0.3, -0.25) is 9.59 Å². The molecular formula is C36H35ClN2O4S2.